The van der Waals surface area contributed by atoms with Gasteiger partial charge in [0, 0.05) is 17.6 Å². The van der Waals surface area contributed by atoms with Gasteiger partial charge in [-0.05, 0) is 37.5 Å². The van der Waals surface area contributed by atoms with Crippen molar-refractivity contribution in [2.24, 2.45) is 5.73 Å². The van der Waals surface area contributed by atoms with Crippen molar-refractivity contribution in [3.8, 4) is 0 Å². The largest absolute Gasteiger partial charge is 0.326 e. The molecular formula is C15H22N2O. The van der Waals surface area contributed by atoms with Crippen LogP contribution in [-0.2, 0) is 4.79 Å². The first kappa shape index (κ1) is 13.1. The van der Waals surface area contributed by atoms with Gasteiger partial charge in [-0.3, -0.25) is 4.79 Å². The van der Waals surface area contributed by atoms with Gasteiger partial charge in [0.25, 0.3) is 0 Å². The normalized spacial score (nSPS) is 18.3. The Hall–Kier alpha value is -1.35. The Morgan fingerprint density at radius 1 is 1.33 bits per heavy atom. The van der Waals surface area contributed by atoms with Crippen LogP contribution < -0.4 is 11.1 Å². The standard InChI is InChI=1S/C15H22N2O/c1-12-6-5-7-13(10-12)17-14(18)11-15(16)8-3-2-4-9-15/h5-7,10H,2-4,8-9,11,16H2,1H3,(H,17,18). The Kier molecular flexibility index (Phi) is 4.02. The number of carbonyl (C=O) groups is 1. The molecule has 1 aromatic carbocycles. The van der Waals surface area contributed by atoms with Crippen LogP contribution in [-0.4, -0.2) is 11.4 Å². The molecule has 0 atom stereocenters. The molecule has 1 aliphatic carbocycles. The molecule has 98 valence electrons. The van der Waals surface area contributed by atoms with E-state index in [1.165, 1.54) is 6.42 Å². The highest BCUT2D eigenvalue weighted by Gasteiger charge is 2.29. The summed E-state index contributed by atoms with van der Waals surface area (Å²) in [5.41, 5.74) is 8.00. The third-order valence-corrected chi connectivity index (χ3v) is 3.66. The van der Waals surface area contributed by atoms with Gasteiger partial charge in [0.05, 0.1) is 0 Å². The van der Waals surface area contributed by atoms with Crippen molar-refractivity contribution in [2.75, 3.05) is 5.32 Å². The minimum Gasteiger partial charge on any atom is -0.326 e. The Bertz CT molecular complexity index is 422. The molecule has 1 aliphatic rings. The minimum atomic E-state index is -0.286. The van der Waals surface area contributed by atoms with Crippen molar-refractivity contribution < 1.29 is 4.79 Å². The van der Waals surface area contributed by atoms with Crippen LogP contribution in [0, 0.1) is 6.92 Å². The van der Waals surface area contributed by atoms with Crippen LogP contribution in [0.1, 0.15) is 44.1 Å². The number of anilines is 1. The molecule has 0 unspecified atom stereocenters. The van der Waals surface area contributed by atoms with Gasteiger partial charge in [-0.15, -0.1) is 0 Å². The second-order valence-electron chi connectivity index (χ2n) is 5.52. The summed E-state index contributed by atoms with van der Waals surface area (Å²) in [5.74, 6) is 0.0324. The summed E-state index contributed by atoms with van der Waals surface area (Å²) in [4.78, 5) is 12.0. The van der Waals surface area contributed by atoms with E-state index >= 15 is 0 Å². The molecule has 0 aliphatic heterocycles. The monoisotopic (exact) mass is 246 g/mol. The molecule has 1 amide bonds. The molecule has 0 spiro atoms. The van der Waals surface area contributed by atoms with Gasteiger partial charge in [-0.2, -0.15) is 0 Å². The maximum Gasteiger partial charge on any atom is 0.226 e. The zero-order valence-electron chi connectivity index (χ0n) is 11.0. The average molecular weight is 246 g/mol. The lowest BCUT2D eigenvalue weighted by atomic mass is 9.80. The van der Waals surface area contributed by atoms with Crippen LogP contribution in [0.25, 0.3) is 0 Å². The summed E-state index contributed by atoms with van der Waals surface area (Å²) in [6.45, 7) is 2.02. The van der Waals surface area contributed by atoms with E-state index in [1.807, 2.05) is 31.2 Å². The van der Waals surface area contributed by atoms with Gasteiger partial charge in [-0.1, -0.05) is 31.4 Å². The number of carbonyl (C=O) groups excluding carboxylic acids is 1. The van der Waals surface area contributed by atoms with Crippen molar-refractivity contribution in [3.05, 3.63) is 29.8 Å². The van der Waals surface area contributed by atoms with Gasteiger partial charge in [0.2, 0.25) is 5.91 Å². The zero-order chi connectivity index (χ0) is 13.0. The fourth-order valence-corrected chi connectivity index (χ4v) is 2.68. The molecule has 3 N–H and O–H groups in total. The summed E-state index contributed by atoms with van der Waals surface area (Å²) < 4.78 is 0. The SMILES string of the molecule is Cc1cccc(NC(=O)CC2(N)CCCCC2)c1. The second kappa shape index (κ2) is 5.53. The Balaban J connectivity index is 1.92. The lowest BCUT2D eigenvalue weighted by Gasteiger charge is -2.32. The van der Waals surface area contributed by atoms with Crippen LogP contribution in [0.3, 0.4) is 0 Å². The maximum absolute atomic E-state index is 12.0. The number of aryl methyl sites for hydroxylation is 1. The molecule has 1 saturated carbocycles. The number of amides is 1. The van der Waals surface area contributed by atoms with Crippen LogP contribution in [0.5, 0.6) is 0 Å². The summed E-state index contributed by atoms with van der Waals surface area (Å²) in [7, 11) is 0. The Morgan fingerprint density at radius 2 is 2.06 bits per heavy atom. The van der Waals surface area contributed by atoms with Crippen LogP contribution in [0.4, 0.5) is 5.69 Å². The molecule has 0 aromatic heterocycles. The highest BCUT2D eigenvalue weighted by Crippen LogP contribution is 2.28. The topological polar surface area (TPSA) is 55.1 Å². The van der Waals surface area contributed by atoms with Crippen molar-refractivity contribution in [1.29, 1.82) is 0 Å². The highest BCUT2D eigenvalue weighted by atomic mass is 16.1. The minimum absolute atomic E-state index is 0.0324. The van der Waals surface area contributed by atoms with E-state index in [9.17, 15) is 4.79 Å². The maximum atomic E-state index is 12.0. The smallest absolute Gasteiger partial charge is 0.226 e. The van der Waals surface area contributed by atoms with Crippen molar-refractivity contribution in [1.82, 2.24) is 0 Å². The van der Waals surface area contributed by atoms with E-state index < -0.39 is 0 Å². The summed E-state index contributed by atoms with van der Waals surface area (Å²) in [6, 6.07) is 7.85. The van der Waals surface area contributed by atoms with Gasteiger partial charge >= 0.3 is 0 Å². The number of benzene rings is 1. The molecule has 0 bridgehead atoms. The third kappa shape index (κ3) is 3.57. The highest BCUT2D eigenvalue weighted by molar-refractivity contribution is 5.91. The number of hydrogen-bond acceptors (Lipinski definition) is 2. The van der Waals surface area contributed by atoms with Crippen LogP contribution in [0.2, 0.25) is 0 Å². The first-order valence-corrected chi connectivity index (χ1v) is 6.73. The fourth-order valence-electron chi connectivity index (χ4n) is 2.68. The first-order valence-electron chi connectivity index (χ1n) is 6.73. The molecule has 0 radical (unpaired) electrons. The molecular weight excluding hydrogens is 224 g/mol. The van der Waals surface area contributed by atoms with Crippen LogP contribution in [0.15, 0.2) is 24.3 Å². The van der Waals surface area contributed by atoms with Crippen LogP contribution >= 0.6 is 0 Å². The molecule has 0 saturated heterocycles. The number of nitrogens with two attached hydrogens (primary N) is 1. The van der Waals surface area contributed by atoms with E-state index in [0.717, 1.165) is 36.9 Å². The molecule has 1 aromatic rings. The Labute approximate surface area is 109 Å². The fraction of sp³-hybridized carbons (Fsp3) is 0.533. The molecule has 2 rings (SSSR count). The second-order valence-corrected chi connectivity index (χ2v) is 5.52. The van der Waals surface area contributed by atoms with Crippen molar-refractivity contribution in [2.45, 2.75) is 51.0 Å². The van der Waals surface area contributed by atoms with Gasteiger partial charge in [-0.25, -0.2) is 0 Å². The third-order valence-electron chi connectivity index (χ3n) is 3.66. The first-order chi connectivity index (χ1) is 8.57. The van der Waals surface area contributed by atoms with E-state index in [0.29, 0.717) is 6.42 Å². The number of hydrogen-bond donors (Lipinski definition) is 2. The summed E-state index contributed by atoms with van der Waals surface area (Å²) in [5, 5.41) is 2.94. The number of rotatable bonds is 3. The van der Waals surface area contributed by atoms with E-state index in [4.69, 9.17) is 5.73 Å². The molecule has 0 heterocycles. The lowest BCUT2D eigenvalue weighted by Crippen LogP contribution is -2.44. The molecule has 3 heteroatoms. The van der Waals surface area contributed by atoms with Gasteiger partial charge in [0.15, 0.2) is 0 Å². The van der Waals surface area contributed by atoms with E-state index in [2.05, 4.69) is 5.32 Å². The van der Waals surface area contributed by atoms with Gasteiger partial charge < -0.3 is 11.1 Å². The average Bonchev–Trinajstić information content (AvgIpc) is 2.28. The summed E-state index contributed by atoms with van der Waals surface area (Å²) >= 11 is 0. The molecule has 3 nitrogen and oxygen atoms in total. The van der Waals surface area contributed by atoms with Crippen molar-refractivity contribution in [3.63, 3.8) is 0 Å². The number of nitrogens with one attached hydrogen (secondary N) is 1. The lowest BCUT2D eigenvalue weighted by molar-refractivity contribution is -0.117. The predicted octanol–water partition coefficient (Wildman–Crippen LogP) is 2.99. The van der Waals surface area contributed by atoms with E-state index in [1.54, 1.807) is 0 Å². The van der Waals surface area contributed by atoms with E-state index in [-0.39, 0.29) is 11.4 Å². The molecule has 1 fully saturated rings. The zero-order valence-corrected chi connectivity index (χ0v) is 11.0. The predicted molar refractivity (Wildman–Crippen MR) is 74.4 cm³/mol. The van der Waals surface area contributed by atoms with Crippen molar-refractivity contribution >= 4 is 11.6 Å². The summed E-state index contributed by atoms with van der Waals surface area (Å²) in [6.07, 6.45) is 5.91. The van der Waals surface area contributed by atoms with Gasteiger partial charge in [0.1, 0.15) is 0 Å². The molecule has 18 heavy (non-hydrogen) atoms. The quantitative estimate of drug-likeness (QED) is 0.861. The Morgan fingerprint density at radius 3 is 2.72 bits per heavy atom.